The number of amides is 3. The van der Waals surface area contributed by atoms with E-state index in [1.165, 1.54) is 6.20 Å². The molecule has 2 aromatic rings. The quantitative estimate of drug-likeness (QED) is 0.878. The Labute approximate surface area is 128 Å². The number of fused-ring (bicyclic) bond motifs is 1. The van der Waals surface area contributed by atoms with E-state index in [1.54, 1.807) is 18.2 Å². The van der Waals surface area contributed by atoms with Gasteiger partial charge in [-0.3, -0.25) is 4.79 Å². The SMILES string of the molecule is O=CN(C(=O)Nc1ccc2c(c1)OCO2)c1ncc(Cl)s1. The minimum absolute atomic E-state index is 0.144. The molecule has 0 radical (unpaired) electrons. The average Bonchev–Trinajstić information content (AvgIpc) is 3.08. The average molecular weight is 326 g/mol. The molecule has 1 aromatic carbocycles. The number of imide groups is 1. The van der Waals surface area contributed by atoms with E-state index in [1.807, 2.05) is 0 Å². The lowest BCUT2D eigenvalue weighted by Gasteiger charge is -2.13. The number of nitrogens with one attached hydrogen (secondary N) is 1. The number of hydrogen-bond donors (Lipinski definition) is 1. The van der Waals surface area contributed by atoms with Crippen LogP contribution in [0, 0.1) is 0 Å². The van der Waals surface area contributed by atoms with Crippen LogP contribution in [0.3, 0.4) is 0 Å². The van der Waals surface area contributed by atoms with Crippen molar-refractivity contribution in [3.63, 3.8) is 0 Å². The third kappa shape index (κ3) is 2.76. The van der Waals surface area contributed by atoms with Crippen molar-refractivity contribution >= 4 is 46.2 Å². The molecule has 1 N–H and O–H groups in total. The number of urea groups is 1. The van der Waals surface area contributed by atoms with Crippen LogP contribution >= 0.6 is 22.9 Å². The van der Waals surface area contributed by atoms with E-state index in [-0.39, 0.29) is 11.9 Å². The smallest absolute Gasteiger partial charge is 0.334 e. The number of carbonyl (C=O) groups is 2. The van der Waals surface area contributed by atoms with E-state index < -0.39 is 6.03 Å². The fourth-order valence-corrected chi connectivity index (χ4v) is 2.56. The molecule has 0 saturated heterocycles. The molecule has 0 spiro atoms. The monoisotopic (exact) mass is 325 g/mol. The van der Waals surface area contributed by atoms with Crippen molar-refractivity contribution < 1.29 is 19.1 Å². The minimum atomic E-state index is -0.644. The van der Waals surface area contributed by atoms with Crippen molar-refractivity contribution in [1.29, 1.82) is 0 Å². The molecule has 3 amide bonds. The molecule has 1 aromatic heterocycles. The van der Waals surface area contributed by atoms with E-state index >= 15 is 0 Å². The van der Waals surface area contributed by atoms with Gasteiger partial charge >= 0.3 is 6.03 Å². The molecule has 7 nitrogen and oxygen atoms in total. The number of halogens is 1. The first kappa shape index (κ1) is 13.7. The fourth-order valence-electron chi connectivity index (χ4n) is 1.70. The first-order chi connectivity index (χ1) is 10.2. The highest BCUT2D eigenvalue weighted by Gasteiger charge is 2.20. The van der Waals surface area contributed by atoms with Crippen LogP contribution in [0.2, 0.25) is 4.34 Å². The van der Waals surface area contributed by atoms with Crippen molar-refractivity contribution in [2.75, 3.05) is 17.0 Å². The second-order valence-electron chi connectivity index (χ2n) is 3.92. The molecular formula is C12H8ClN3O4S. The summed E-state index contributed by atoms with van der Waals surface area (Å²) in [5, 5.41) is 2.76. The first-order valence-electron chi connectivity index (χ1n) is 5.74. The zero-order valence-corrected chi connectivity index (χ0v) is 12.0. The van der Waals surface area contributed by atoms with Crippen molar-refractivity contribution in [3.8, 4) is 11.5 Å². The number of thiazole rings is 1. The van der Waals surface area contributed by atoms with Crippen LogP contribution in [0.25, 0.3) is 0 Å². The normalized spacial score (nSPS) is 12.0. The molecule has 0 aliphatic carbocycles. The van der Waals surface area contributed by atoms with Crippen molar-refractivity contribution in [1.82, 2.24) is 4.98 Å². The van der Waals surface area contributed by atoms with Crippen LogP contribution in [0.5, 0.6) is 11.5 Å². The molecule has 0 bridgehead atoms. The van der Waals surface area contributed by atoms with Crippen molar-refractivity contribution in [2.24, 2.45) is 0 Å². The topological polar surface area (TPSA) is 80.8 Å². The largest absolute Gasteiger partial charge is 0.454 e. The minimum Gasteiger partial charge on any atom is -0.454 e. The Hall–Kier alpha value is -2.32. The number of hydrogen-bond acceptors (Lipinski definition) is 6. The zero-order valence-electron chi connectivity index (χ0n) is 10.4. The van der Waals surface area contributed by atoms with E-state index in [2.05, 4.69) is 10.3 Å². The predicted molar refractivity (Wildman–Crippen MR) is 77.3 cm³/mol. The number of benzene rings is 1. The summed E-state index contributed by atoms with van der Waals surface area (Å²) in [5.74, 6) is 1.13. The van der Waals surface area contributed by atoms with Gasteiger partial charge in [0, 0.05) is 11.8 Å². The van der Waals surface area contributed by atoms with Crippen LogP contribution in [0.15, 0.2) is 24.4 Å². The highest BCUT2D eigenvalue weighted by molar-refractivity contribution is 7.19. The first-order valence-corrected chi connectivity index (χ1v) is 6.93. The van der Waals surface area contributed by atoms with Gasteiger partial charge in [0.2, 0.25) is 18.3 Å². The second kappa shape index (κ2) is 5.58. The van der Waals surface area contributed by atoms with E-state index in [0.29, 0.717) is 27.9 Å². The lowest BCUT2D eigenvalue weighted by atomic mass is 10.3. The third-order valence-electron chi connectivity index (χ3n) is 2.62. The number of anilines is 2. The number of carbonyl (C=O) groups excluding carboxylic acids is 2. The van der Waals surface area contributed by atoms with Gasteiger partial charge in [-0.25, -0.2) is 14.7 Å². The lowest BCUT2D eigenvalue weighted by Crippen LogP contribution is -2.33. The van der Waals surface area contributed by atoms with Crippen LogP contribution < -0.4 is 19.7 Å². The lowest BCUT2D eigenvalue weighted by molar-refractivity contribution is -0.106. The summed E-state index contributed by atoms with van der Waals surface area (Å²) in [4.78, 5) is 27.9. The maximum atomic E-state index is 12.1. The predicted octanol–water partition coefficient (Wildman–Crippen LogP) is 2.72. The molecule has 0 unspecified atom stereocenters. The molecule has 3 rings (SSSR count). The molecular weight excluding hydrogens is 318 g/mol. The Balaban J connectivity index is 1.77. The van der Waals surface area contributed by atoms with Gasteiger partial charge in [0.15, 0.2) is 11.5 Å². The van der Waals surface area contributed by atoms with Crippen LogP contribution in [0.4, 0.5) is 15.6 Å². The van der Waals surface area contributed by atoms with Crippen LogP contribution in [-0.2, 0) is 4.79 Å². The fraction of sp³-hybridized carbons (Fsp3) is 0.0833. The molecule has 1 aliphatic heterocycles. The Morgan fingerprint density at radius 3 is 2.95 bits per heavy atom. The highest BCUT2D eigenvalue weighted by atomic mass is 35.5. The van der Waals surface area contributed by atoms with Gasteiger partial charge in [-0.2, -0.15) is 0 Å². The number of ether oxygens (including phenoxy) is 2. The van der Waals surface area contributed by atoms with Gasteiger partial charge in [0.1, 0.15) is 4.34 Å². The highest BCUT2D eigenvalue weighted by Crippen LogP contribution is 2.34. The van der Waals surface area contributed by atoms with Gasteiger partial charge in [-0.1, -0.05) is 22.9 Å². The number of nitrogens with zero attached hydrogens (tertiary/aromatic N) is 2. The van der Waals surface area contributed by atoms with Gasteiger partial charge < -0.3 is 14.8 Å². The Morgan fingerprint density at radius 2 is 2.24 bits per heavy atom. The Morgan fingerprint density at radius 1 is 1.43 bits per heavy atom. The van der Waals surface area contributed by atoms with Crippen molar-refractivity contribution in [3.05, 3.63) is 28.7 Å². The summed E-state index contributed by atoms with van der Waals surface area (Å²) in [6.45, 7) is 0.144. The van der Waals surface area contributed by atoms with E-state index in [0.717, 1.165) is 16.2 Å². The summed E-state index contributed by atoms with van der Waals surface area (Å²) >= 11 is 6.76. The van der Waals surface area contributed by atoms with E-state index in [4.69, 9.17) is 21.1 Å². The summed E-state index contributed by atoms with van der Waals surface area (Å²) < 4.78 is 10.8. The van der Waals surface area contributed by atoms with E-state index in [9.17, 15) is 9.59 Å². The van der Waals surface area contributed by atoms with Gasteiger partial charge in [-0.15, -0.1) is 0 Å². The number of rotatable bonds is 3. The summed E-state index contributed by atoms with van der Waals surface area (Å²) in [5.41, 5.74) is 0.471. The molecule has 21 heavy (non-hydrogen) atoms. The summed E-state index contributed by atoms with van der Waals surface area (Å²) in [7, 11) is 0. The standard InChI is InChI=1S/C12H8ClN3O4S/c13-10-4-14-12(21-10)16(5-17)11(18)15-7-1-2-8-9(3-7)20-6-19-8/h1-5H,6H2,(H,15,18). The maximum absolute atomic E-state index is 12.1. The molecule has 0 saturated carbocycles. The molecule has 1 aliphatic rings. The zero-order chi connectivity index (χ0) is 14.8. The van der Waals surface area contributed by atoms with Crippen molar-refractivity contribution in [2.45, 2.75) is 0 Å². The van der Waals surface area contributed by atoms with Gasteiger partial charge in [0.25, 0.3) is 0 Å². The molecule has 9 heteroatoms. The maximum Gasteiger partial charge on any atom is 0.334 e. The summed E-state index contributed by atoms with van der Waals surface area (Å²) in [6.07, 6.45) is 1.74. The third-order valence-corrected chi connectivity index (χ3v) is 3.73. The summed E-state index contributed by atoms with van der Waals surface area (Å²) in [6, 6.07) is 4.28. The van der Waals surface area contributed by atoms with Crippen LogP contribution in [-0.4, -0.2) is 24.2 Å². The second-order valence-corrected chi connectivity index (χ2v) is 5.56. The molecule has 0 fully saturated rings. The van der Waals surface area contributed by atoms with Crippen LogP contribution in [0.1, 0.15) is 0 Å². The number of aromatic nitrogens is 1. The van der Waals surface area contributed by atoms with Gasteiger partial charge in [-0.05, 0) is 12.1 Å². The molecule has 0 atom stereocenters. The molecule has 2 heterocycles. The van der Waals surface area contributed by atoms with Gasteiger partial charge in [0.05, 0.1) is 6.20 Å². The Bertz CT molecular complexity index is 706. The molecule has 108 valence electrons. The Kier molecular flexibility index (Phi) is 3.63.